The number of hydrogen-bond acceptors (Lipinski definition) is 5. The number of halogens is 3. The van der Waals surface area contributed by atoms with Gasteiger partial charge in [-0.05, 0) is 37.9 Å². The molecule has 0 bridgehead atoms. The van der Waals surface area contributed by atoms with E-state index in [2.05, 4.69) is 4.74 Å². The van der Waals surface area contributed by atoms with E-state index in [-0.39, 0.29) is 24.8 Å². The molecule has 2 fully saturated rings. The van der Waals surface area contributed by atoms with Crippen LogP contribution in [0.2, 0.25) is 0 Å². The maximum atomic E-state index is 12.9. The monoisotopic (exact) mass is 386 g/mol. The Morgan fingerprint density at radius 3 is 2.70 bits per heavy atom. The number of alkyl halides is 3. The van der Waals surface area contributed by atoms with Crippen molar-refractivity contribution in [2.24, 2.45) is 0 Å². The Kier molecular flexibility index (Phi) is 5.71. The Morgan fingerprint density at radius 2 is 2.00 bits per heavy atom. The highest BCUT2D eigenvalue weighted by Crippen LogP contribution is 2.33. The number of aliphatic hydroxyl groups excluding tert-OH is 1. The molecule has 27 heavy (non-hydrogen) atoms. The molecular weight excluding hydrogens is 365 g/mol. The number of aliphatic hydroxyl groups is 1. The van der Waals surface area contributed by atoms with E-state index in [1.807, 2.05) is 4.90 Å². The fraction of sp³-hybridized carbons (Fsp3) is 0.556. The molecule has 6 nitrogen and oxygen atoms in total. The Morgan fingerprint density at radius 1 is 1.22 bits per heavy atom. The highest BCUT2D eigenvalue weighted by atomic mass is 19.4. The van der Waals surface area contributed by atoms with Gasteiger partial charge in [-0.2, -0.15) is 0 Å². The quantitative estimate of drug-likeness (QED) is 0.788. The fourth-order valence-corrected chi connectivity index (χ4v) is 3.86. The van der Waals surface area contributed by atoms with Gasteiger partial charge >= 0.3 is 6.36 Å². The van der Waals surface area contributed by atoms with Gasteiger partial charge in [0, 0.05) is 18.7 Å². The lowest BCUT2D eigenvalue weighted by atomic mass is 9.97. The summed E-state index contributed by atoms with van der Waals surface area (Å²) in [6.45, 7) is 0.649. The molecule has 1 N–H and O–H groups in total. The Hall–Kier alpha value is -2.13. The Bertz CT molecular complexity index is 708. The van der Waals surface area contributed by atoms with Crippen LogP contribution in [-0.4, -0.2) is 53.4 Å². The van der Waals surface area contributed by atoms with Crippen molar-refractivity contribution in [3.8, 4) is 5.75 Å². The normalized spacial score (nSPS) is 24.5. The van der Waals surface area contributed by atoms with E-state index < -0.39 is 30.0 Å². The average molecular weight is 386 g/mol. The van der Waals surface area contributed by atoms with E-state index in [0.717, 1.165) is 36.3 Å². The van der Waals surface area contributed by atoms with E-state index in [9.17, 15) is 27.9 Å². The van der Waals surface area contributed by atoms with Gasteiger partial charge in [0.15, 0.2) is 0 Å². The predicted molar refractivity (Wildman–Crippen MR) is 90.1 cm³/mol. The molecule has 2 saturated heterocycles. The summed E-state index contributed by atoms with van der Waals surface area (Å²) in [5.41, 5.74) is 0.0602. The van der Waals surface area contributed by atoms with E-state index in [1.54, 1.807) is 0 Å². The average Bonchev–Trinajstić information content (AvgIpc) is 2.89. The van der Waals surface area contributed by atoms with Crippen LogP contribution < -0.4 is 9.64 Å². The van der Waals surface area contributed by atoms with E-state index in [4.69, 9.17) is 0 Å². The van der Waals surface area contributed by atoms with Crippen LogP contribution in [0.4, 0.5) is 18.9 Å². The molecule has 3 rings (SSSR count). The predicted octanol–water partition coefficient (Wildman–Crippen LogP) is 2.45. The summed E-state index contributed by atoms with van der Waals surface area (Å²) in [6.07, 6.45) is -1.62. The highest BCUT2D eigenvalue weighted by Gasteiger charge is 2.45. The number of imide groups is 1. The summed E-state index contributed by atoms with van der Waals surface area (Å²) in [4.78, 5) is 28.2. The molecule has 148 valence electrons. The number of ether oxygens (including phenoxy) is 1. The number of likely N-dealkylation sites (tertiary alicyclic amines) is 1. The van der Waals surface area contributed by atoms with E-state index >= 15 is 0 Å². The van der Waals surface area contributed by atoms with Crippen LogP contribution in [0.5, 0.6) is 5.75 Å². The van der Waals surface area contributed by atoms with Crippen molar-refractivity contribution in [3.63, 3.8) is 0 Å². The number of anilines is 1. The fourth-order valence-electron chi connectivity index (χ4n) is 3.86. The lowest BCUT2D eigenvalue weighted by molar-refractivity contribution is -0.274. The van der Waals surface area contributed by atoms with Gasteiger partial charge in [0.2, 0.25) is 5.91 Å². The molecule has 0 spiro atoms. The van der Waals surface area contributed by atoms with Gasteiger partial charge in [-0.25, -0.2) is 4.90 Å². The van der Waals surface area contributed by atoms with Gasteiger partial charge in [0.1, 0.15) is 5.75 Å². The number of carbonyl (C=O) groups is 2. The van der Waals surface area contributed by atoms with Gasteiger partial charge < -0.3 is 9.84 Å². The molecule has 2 heterocycles. The van der Waals surface area contributed by atoms with Gasteiger partial charge in [-0.15, -0.1) is 13.2 Å². The maximum absolute atomic E-state index is 12.9. The first kappa shape index (κ1) is 19.6. The van der Waals surface area contributed by atoms with Crippen molar-refractivity contribution in [3.05, 3.63) is 24.3 Å². The van der Waals surface area contributed by atoms with E-state index in [0.29, 0.717) is 13.0 Å². The molecule has 9 heteroatoms. The van der Waals surface area contributed by atoms with Crippen molar-refractivity contribution < 1.29 is 32.6 Å². The molecule has 1 aromatic carbocycles. The van der Waals surface area contributed by atoms with Crippen LogP contribution in [0.3, 0.4) is 0 Å². The summed E-state index contributed by atoms with van der Waals surface area (Å²) < 4.78 is 41.2. The molecule has 2 atom stereocenters. The van der Waals surface area contributed by atoms with Crippen molar-refractivity contribution in [1.82, 2.24) is 4.90 Å². The third-order valence-corrected chi connectivity index (χ3v) is 4.97. The molecule has 2 amide bonds. The molecule has 0 unspecified atom stereocenters. The number of piperidine rings is 1. The first-order valence-corrected chi connectivity index (χ1v) is 8.89. The Labute approximate surface area is 154 Å². The summed E-state index contributed by atoms with van der Waals surface area (Å²) in [7, 11) is 0. The zero-order chi connectivity index (χ0) is 19.6. The number of rotatable bonds is 5. The number of hydrogen-bond donors (Lipinski definition) is 1. The SMILES string of the molecule is O=C1C[C@H](N2CCCC[C@H]2CCO)C(=O)N1c1cccc(OC(F)(F)F)c1. The summed E-state index contributed by atoms with van der Waals surface area (Å²) >= 11 is 0. The number of nitrogens with zero attached hydrogens (tertiary/aromatic N) is 2. The molecule has 1 aromatic rings. The zero-order valence-electron chi connectivity index (χ0n) is 14.6. The van der Waals surface area contributed by atoms with Crippen LogP contribution in [0.25, 0.3) is 0 Å². The molecule has 0 radical (unpaired) electrons. The van der Waals surface area contributed by atoms with Gasteiger partial charge in [0.05, 0.1) is 18.2 Å². The molecule has 0 aromatic heterocycles. The lowest BCUT2D eigenvalue weighted by Gasteiger charge is -2.38. The van der Waals surface area contributed by atoms with Crippen molar-refractivity contribution in [1.29, 1.82) is 0 Å². The lowest BCUT2D eigenvalue weighted by Crippen LogP contribution is -2.50. The largest absolute Gasteiger partial charge is 0.573 e. The van der Waals surface area contributed by atoms with Gasteiger partial charge in [0.25, 0.3) is 5.91 Å². The van der Waals surface area contributed by atoms with E-state index in [1.165, 1.54) is 12.1 Å². The highest BCUT2D eigenvalue weighted by molar-refractivity contribution is 6.22. The molecular formula is C18H21F3N2O4. The minimum atomic E-state index is -4.86. The molecule has 0 aliphatic carbocycles. The van der Waals surface area contributed by atoms with Crippen LogP contribution in [0.15, 0.2) is 24.3 Å². The van der Waals surface area contributed by atoms with Crippen molar-refractivity contribution in [2.45, 2.75) is 50.6 Å². The van der Waals surface area contributed by atoms with Crippen molar-refractivity contribution >= 4 is 17.5 Å². The molecule has 0 saturated carbocycles. The number of carbonyl (C=O) groups excluding carboxylic acids is 2. The second kappa shape index (κ2) is 7.85. The van der Waals surface area contributed by atoms with Crippen molar-refractivity contribution in [2.75, 3.05) is 18.1 Å². The topological polar surface area (TPSA) is 70.1 Å². The second-order valence-corrected chi connectivity index (χ2v) is 6.73. The molecule has 2 aliphatic rings. The van der Waals surface area contributed by atoms with Crippen LogP contribution >= 0.6 is 0 Å². The van der Waals surface area contributed by atoms with Crippen LogP contribution in [-0.2, 0) is 9.59 Å². The van der Waals surface area contributed by atoms with Crippen LogP contribution in [0.1, 0.15) is 32.1 Å². The summed E-state index contributed by atoms with van der Waals surface area (Å²) in [5, 5.41) is 9.26. The maximum Gasteiger partial charge on any atom is 0.573 e. The third kappa shape index (κ3) is 4.41. The summed E-state index contributed by atoms with van der Waals surface area (Å²) in [6, 6.07) is 4.23. The van der Waals surface area contributed by atoms with Gasteiger partial charge in [-0.3, -0.25) is 14.5 Å². The Balaban J connectivity index is 1.81. The summed E-state index contributed by atoms with van der Waals surface area (Å²) in [5.74, 6) is -1.39. The van der Waals surface area contributed by atoms with Crippen LogP contribution in [0, 0.1) is 0 Å². The van der Waals surface area contributed by atoms with Gasteiger partial charge in [-0.1, -0.05) is 12.5 Å². The number of benzene rings is 1. The third-order valence-electron chi connectivity index (χ3n) is 4.97. The minimum Gasteiger partial charge on any atom is -0.406 e. The zero-order valence-corrected chi connectivity index (χ0v) is 14.6. The minimum absolute atomic E-state index is 0.00341. The first-order chi connectivity index (χ1) is 12.8. The smallest absolute Gasteiger partial charge is 0.406 e. The first-order valence-electron chi connectivity index (χ1n) is 8.89. The molecule has 2 aliphatic heterocycles. The standard InChI is InChI=1S/C18H21F3N2O4/c19-18(20,21)27-14-6-3-5-13(10-14)23-16(25)11-15(17(23)26)22-8-2-1-4-12(22)7-9-24/h3,5-6,10,12,15,24H,1-2,4,7-9,11H2/t12-,15-/m0/s1. The second-order valence-electron chi connectivity index (χ2n) is 6.73. The number of amides is 2.